The fraction of sp³-hybridized carbons (Fsp3) is 0.500. The zero-order valence-corrected chi connectivity index (χ0v) is 15.8. The molecule has 7 nitrogen and oxygen atoms in total. The van der Waals surface area contributed by atoms with Crippen molar-refractivity contribution >= 4 is 10.0 Å². The minimum Gasteiger partial charge on any atom is -0.495 e. The Morgan fingerprint density at radius 1 is 1.25 bits per heavy atom. The van der Waals surface area contributed by atoms with Gasteiger partial charge in [0.2, 0.25) is 10.0 Å². The molecule has 1 aromatic heterocycles. The minimum atomic E-state index is -3.71. The molecule has 24 heavy (non-hydrogen) atoms. The van der Waals surface area contributed by atoms with Crippen LogP contribution in [0.15, 0.2) is 23.4 Å². The van der Waals surface area contributed by atoms with E-state index in [2.05, 4.69) is 10.2 Å². The number of aryl methyl sites for hydroxylation is 2. The zero-order valence-electron chi connectivity index (χ0n) is 14.9. The average molecular weight is 352 g/mol. The number of nitrogens with zero attached hydrogens (tertiary/aromatic N) is 4. The third-order valence-corrected chi connectivity index (χ3v) is 5.86. The number of rotatable bonds is 6. The number of methoxy groups -OCH3 is 1. The van der Waals surface area contributed by atoms with Crippen LogP contribution in [0.2, 0.25) is 0 Å². The van der Waals surface area contributed by atoms with Crippen molar-refractivity contribution in [2.24, 2.45) is 0 Å². The molecule has 132 valence electrons. The second-order valence-electron chi connectivity index (χ2n) is 6.10. The van der Waals surface area contributed by atoms with Gasteiger partial charge in [0, 0.05) is 13.1 Å². The molecule has 0 aliphatic carbocycles. The third-order valence-electron chi connectivity index (χ3n) is 4.04. The first-order valence-corrected chi connectivity index (χ1v) is 9.12. The van der Waals surface area contributed by atoms with Gasteiger partial charge in [-0.15, -0.1) is 10.2 Å². The molecule has 0 radical (unpaired) electrons. The molecule has 0 bridgehead atoms. The summed E-state index contributed by atoms with van der Waals surface area (Å²) in [5, 5.41) is 7.91. The van der Waals surface area contributed by atoms with Crippen molar-refractivity contribution in [1.82, 2.24) is 19.1 Å². The molecule has 0 spiro atoms. The number of aromatic nitrogens is 3. The van der Waals surface area contributed by atoms with Gasteiger partial charge in [-0.3, -0.25) is 0 Å². The number of ether oxygens (including phenoxy) is 1. The van der Waals surface area contributed by atoms with Gasteiger partial charge in [-0.1, -0.05) is 0 Å². The summed E-state index contributed by atoms with van der Waals surface area (Å²) < 4.78 is 34.3. The molecule has 0 saturated carbocycles. The molecule has 0 aliphatic heterocycles. The van der Waals surface area contributed by atoms with Crippen LogP contribution in [0.25, 0.3) is 0 Å². The van der Waals surface area contributed by atoms with E-state index < -0.39 is 10.0 Å². The van der Waals surface area contributed by atoms with Crippen LogP contribution in [0.3, 0.4) is 0 Å². The van der Waals surface area contributed by atoms with Crippen LogP contribution >= 0.6 is 0 Å². The van der Waals surface area contributed by atoms with Gasteiger partial charge in [0.05, 0.1) is 13.7 Å². The molecule has 1 aromatic carbocycles. The Hall–Kier alpha value is -1.93. The van der Waals surface area contributed by atoms with Crippen molar-refractivity contribution in [3.8, 4) is 5.75 Å². The van der Waals surface area contributed by atoms with Crippen LogP contribution in [0.4, 0.5) is 0 Å². The van der Waals surface area contributed by atoms with Crippen LogP contribution in [-0.4, -0.2) is 41.6 Å². The first-order chi connectivity index (χ1) is 11.2. The van der Waals surface area contributed by atoms with Gasteiger partial charge in [-0.2, -0.15) is 4.31 Å². The van der Waals surface area contributed by atoms with Crippen LogP contribution in [0.1, 0.15) is 36.8 Å². The topological polar surface area (TPSA) is 77.3 Å². The van der Waals surface area contributed by atoms with Crippen molar-refractivity contribution in [1.29, 1.82) is 0 Å². The second-order valence-corrected chi connectivity index (χ2v) is 8.11. The highest BCUT2D eigenvalue weighted by Gasteiger charge is 2.27. The van der Waals surface area contributed by atoms with Crippen molar-refractivity contribution in [3.05, 3.63) is 35.4 Å². The Morgan fingerprint density at radius 3 is 2.46 bits per heavy atom. The maximum absolute atomic E-state index is 13.0. The molecule has 2 aromatic rings. The lowest BCUT2D eigenvalue weighted by Crippen LogP contribution is -2.28. The first kappa shape index (κ1) is 18.4. The fourth-order valence-corrected chi connectivity index (χ4v) is 3.73. The highest BCUT2D eigenvalue weighted by molar-refractivity contribution is 7.89. The SMILES string of the molecule is COc1cc(C)c(C)cc1S(=O)(=O)N(C)Cc1nncn1C(C)C. The largest absolute Gasteiger partial charge is 0.495 e. The lowest BCUT2D eigenvalue weighted by Gasteiger charge is -2.20. The monoisotopic (exact) mass is 352 g/mol. The van der Waals surface area contributed by atoms with Gasteiger partial charge in [-0.25, -0.2) is 8.42 Å². The third kappa shape index (κ3) is 3.44. The summed E-state index contributed by atoms with van der Waals surface area (Å²) in [4.78, 5) is 0.159. The smallest absolute Gasteiger partial charge is 0.246 e. The Balaban J connectivity index is 2.40. The minimum absolute atomic E-state index is 0.136. The van der Waals surface area contributed by atoms with Gasteiger partial charge < -0.3 is 9.30 Å². The second kappa shape index (κ2) is 6.90. The average Bonchev–Trinajstić information content (AvgIpc) is 2.97. The summed E-state index contributed by atoms with van der Waals surface area (Å²) in [6.07, 6.45) is 1.61. The molecular formula is C16H24N4O3S. The number of hydrogen-bond acceptors (Lipinski definition) is 5. The van der Waals surface area contributed by atoms with E-state index in [0.29, 0.717) is 11.6 Å². The van der Waals surface area contributed by atoms with Gasteiger partial charge in [0.15, 0.2) is 0 Å². The van der Waals surface area contributed by atoms with E-state index >= 15 is 0 Å². The Bertz CT molecular complexity index is 828. The fourth-order valence-electron chi connectivity index (χ4n) is 2.39. The van der Waals surface area contributed by atoms with E-state index in [1.807, 2.05) is 32.3 Å². The number of hydrogen-bond donors (Lipinski definition) is 0. The maximum atomic E-state index is 13.0. The molecule has 0 unspecified atom stereocenters. The van der Waals surface area contributed by atoms with E-state index in [1.165, 1.54) is 18.5 Å². The molecule has 8 heteroatoms. The lowest BCUT2D eigenvalue weighted by atomic mass is 10.1. The molecule has 0 atom stereocenters. The quantitative estimate of drug-likeness (QED) is 0.797. The van der Waals surface area contributed by atoms with E-state index in [9.17, 15) is 8.42 Å². The molecule has 0 amide bonds. The van der Waals surface area contributed by atoms with E-state index in [1.54, 1.807) is 18.5 Å². The molecule has 0 N–H and O–H groups in total. The van der Waals surface area contributed by atoms with Gasteiger partial charge in [0.25, 0.3) is 0 Å². The standard InChI is InChI=1S/C16H24N4O3S/c1-11(2)20-10-17-18-16(20)9-19(5)24(21,22)15-8-13(4)12(3)7-14(15)23-6/h7-8,10-11H,9H2,1-6H3. The van der Waals surface area contributed by atoms with Crippen LogP contribution in [0, 0.1) is 13.8 Å². The summed E-state index contributed by atoms with van der Waals surface area (Å²) in [6, 6.07) is 3.54. The predicted octanol–water partition coefficient (Wildman–Crippen LogP) is 2.31. The predicted molar refractivity (Wildman–Crippen MR) is 91.5 cm³/mol. The summed E-state index contributed by atoms with van der Waals surface area (Å²) in [5.74, 6) is 0.939. The van der Waals surface area contributed by atoms with Gasteiger partial charge in [0.1, 0.15) is 22.8 Å². The van der Waals surface area contributed by atoms with Crippen LogP contribution in [0.5, 0.6) is 5.75 Å². The molecule has 0 saturated heterocycles. The number of sulfonamides is 1. The van der Waals surface area contributed by atoms with Gasteiger partial charge in [-0.05, 0) is 51.0 Å². The molecular weight excluding hydrogens is 328 g/mol. The number of benzene rings is 1. The lowest BCUT2D eigenvalue weighted by molar-refractivity contribution is 0.394. The van der Waals surface area contributed by atoms with Gasteiger partial charge >= 0.3 is 0 Å². The highest BCUT2D eigenvalue weighted by Crippen LogP contribution is 2.29. The maximum Gasteiger partial charge on any atom is 0.246 e. The van der Waals surface area contributed by atoms with E-state index in [-0.39, 0.29) is 17.5 Å². The summed E-state index contributed by atoms with van der Waals surface area (Å²) in [6.45, 7) is 7.92. The summed E-state index contributed by atoms with van der Waals surface area (Å²) in [7, 11) is -0.711. The van der Waals surface area contributed by atoms with E-state index in [0.717, 1.165) is 11.1 Å². The van der Waals surface area contributed by atoms with Crippen molar-refractivity contribution in [3.63, 3.8) is 0 Å². The first-order valence-electron chi connectivity index (χ1n) is 7.68. The Kier molecular flexibility index (Phi) is 5.29. The molecule has 1 heterocycles. The normalized spacial score (nSPS) is 12.2. The van der Waals surface area contributed by atoms with E-state index in [4.69, 9.17) is 4.74 Å². The van der Waals surface area contributed by atoms with Crippen LogP contribution in [-0.2, 0) is 16.6 Å². The zero-order chi connectivity index (χ0) is 18.1. The Morgan fingerprint density at radius 2 is 1.88 bits per heavy atom. The molecule has 0 aliphatic rings. The molecule has 2 rings (SSSR count). The highest BCUT2D eigenvalue weighted by atomic mass is 32.2. The van der Waals surface area contributed by atoms with Crippen LogP contribution < -0.4 is 4.74 Å². The Labute approximate surface area is 143 Å². The summed E-state index contributed by atoms with van der Waals surface area (Å²) >= 11 is 0. The van der Waals surface area contributed by atoms with Crippen molar-refractivity contribution < 1.29 is 13.2 Å². The molecule has 0 fully saturated rings. The van der Waals surface area contributed by atoms with Crippen molar-refractivity contribution in [2.45, 2.75) is 45.2 Å². The summed E-state index contributed by atoms with van der Waals surface area (Å²) in [5.41, 5.74) is 1.88. The van der Waals surface area contributed by atoms with Crippen molar-refractivity contribution in [2.75, 3.05) is 14.2 Å².